The first-order chi connectivity index (χ1) is 10.1. The highest BCUT2D eigenvalue weighted by Gasteiger charge is 2.01. The minimum absolute atomic E-state index is 0.116. The quantitative estimate of drug-likeness (QED) is 0.648. The maximum atomic E-state index is 11.6. The van der Waals surface area contributed by atoms with Gasteiger partial charge in [-0.15, -0.1) is 0 Å². The van der Waals surface area contributed by atoms with Gasteiger partial charge in [-0.1, -0.05) is 45.7 Å². The number of halogens is 2. The molecule has 0 bridgehead atoms. The van der Waals surface area contributed by atoms with E-state index in [0.717, 1.165) is 10.0 Å². The van der Waals surface area contributed by atoms with Gasteiger partial charge in [-0.2, -0.15) is 5.10 Å². The molecule has 0 saturated heterocycles. The normalized spacial score (nSPS) is 10.6. The second-order valence-corrected chi connectivity index (χ2v) is 5.35. The number of benzene rings is 2. The molecule has 21 heavy (non-hydrogen) atoms. The highest BCUT2D eigenvalue weighted by molar-refractivity contribution is 9.10. The molecule has 0 aromatic heterocycles. The molecule has 0 atom stereocenters. The minimum Gasteiger partial charge on any atom is -0.484 e. The number of carbonyl (C=O) groups excluding carboxylic acids is 1. The van der Waals surface area contributed by atoms with Crippen molar-refractivity contribution in [1.82, 2.24) is 5.43 Å². The lowest BCUT2D eigenvalue weighted by Gasteiger charge is -2.04. The summed E-state index contributed by atoms with van der Waals surface area (Å²) in [5.74, 6) is 0.234. The van der Waals surface area contributed by atoms with Gasteiger partial charge in [0.1, 0.15) is 5.75 Å². The molecule has 0 aliphatic carbocycles. The van der Waals surface area contributed by atoms with Gasteiger partial charge in [0.05, 0.1) is 6.21 Å². The highest BCUT2D eigenvalue weighted by Crippen LogP contribution is 2.15. The van der Waals surface area contributed by atoms with Crippen molar-refractivity contribution >= 4 is 39.7 Å². The molecule has 2 rings (SSSR count). The van der Waals surface area contributed by atoms with Crippen LogP contribution < -0.4 is 10.2 Å². The third-order valence-electron chi connectivity index (χ3n) is 2.48. The highest BCUT2D eigenvalue weighted by atomic mass is 79.9. The van der Waals surface area contributed by atoms with Crippen LogP contribution in [-0.2, 0) is 4.79 Å². The first-order valence-electron chi connectivity index (χ1n) is 6.10. The SMILES string of the molecule is O=C(COc1ccc(Cl)cc1)NN=Cc1ccccc1Br. The summed E-state index contributed by atoms with van der Waals surface area (Å²) >= 11 is 9.15. The first kappa shape index (κ1) is 15.5. The minimum atomic E-state index is -0.340. The topological polar surface area (TPSA) is 50.7 Å². The molecule has 6 heteroatoms. The van der Waals surface area contributed by atoms with Crippen molar-refractivity contribution in [2.24, 2.45) is 5.10 Å². The largest absolute Gasteiger partial charge is 0.484 e. The van der Waals surface area contributed by atoms with Crippen LogP contribution in [0.3, 0.4) is 0 Å². The summed E-state index contributed by atoms with van der Waals surface area (Å²) in [7, 11) is 0. The molecular weight excluding hydrogens is 356 g/mol. The van der Waals surface area contributed by atoms with E-state index in [0.29, 0.717) is 10.8 Å². The number of nitrogens with one attached hydrogen (secondary N) is 1. The van der Waals surface area contributed by atoms with E-state index in [4.69, 9.17) is 16.3 Å². The van der Waals surface area contributed by atoms with E-state index in [-0.39, 0.29) is 12.5 Å². The van der Waals surface area contributed by atoms with Gasteiger partial charge in [-0.3, -0.25) is 4.79 Å². The van der Waals surface area contributed by atoms with Crippen LogP contribution in [0.5, 0.6) is 5.75 Å². The van der Waals surface area contributed by atoms with Crippen molar-refractivity contribution in [2.45, 2.75) is 0 Å². The first-order valence-corrected chi connectivity index (χ1v) is 7.27. The average molecular weight is 368 g/mol. The molecule has 0 heterocycles. The molecule has 4 nitrogen and oxygen atoms in total. The monoisotopic (exact) mass is 366 g/mol. The molecule has 2 aromatic carbocycles. The molecule has 108 valence electrons. The van der Waals surface area contributed by atoms with Crippen LogP contribution in [0.1, 0.15) is 5.56 Å². The second kappa shape index (κ2) is 7.81. The van der Waals surface area contributed by atoms with Crippen LogP contribution in [0.15, 0.2) is 58.1 Å². The Balaban J connectivity index is 1.80. The summed E-state index contributed by atoms with van der Waals surface area (Å²) in [6.45, 7) is -0.116. The summed E-state index contributed by atoms with van der Waals surface area (Å²) in [5, 5.41) is 4.49. The number of ether oxygens (including phenoxy) is 1. The van der Waals surface area contributed by atoms with Gasteiger partial charge in [-0.05, 0) is 30.3 Å². The Labute approximate surface area is 135 Å². The van der Waals surface area contributed by atoms with Crippen molar-refractivity contribution in [2.75, 3.05) is 6.61 Å². The predicted octanol–water partition coefficient (Wildman–Crippen LogP) is 3.63. The number of rotatable bonds is 5. The molecule has 2 aromatic rings. The molecule has 0 radical (unpaired) electrons. The molecule has 1 N–H and O–H groups in total. The van der Waals surface area contributed by atoms with Gasteiger partial charge in [0.2, 0.25) is 0 Å². The lowest BCUT2D eigenvalue weighted by molar-refractivity contribution is -0.123. The van der Waals surface area contributed by atoms with Crippen molar-refractivity contribution in [1.29, 1.82) is 0 Å². The zero-order chi connectivity index (χ0) is 15.1. The van der Waals surface area contributed by atoms with E-state index in [9.17, 15) is 4.79 Å². The second-order valence-electron chi connectivity index (χ2n) is 4.06. The summed E-state index contributed by atoms with van der Waals surface area (Å²) in [5.41, 5.74) is 3.27. The molecule has 0 saturated carbocycles. The number of amides is 1. The zero-order valence-corrected chi connectivity index (χ0v) is 13.3. The molecule has 1 amide bonds. The summed E-state index contributed by atoms with van der Waals surface area (Å²) in [4.78, 5) is 11.6. The summed E-state index contributed by atoms with van der Waals surface area (Å²) in [6.07, 6.45) is 1.56. The maximum Gasteiger partial charge on any atom is 0.277 e. The molecule has 0 fully saturated rings. The lowest BCUT2D eigenvalue weighted by atomic mass is 10.2. The Morgan fingerprint density at radius 2 is 1.95 bits per heavy atom. The Morgan fingerprint density at radius 3 is 2.67 bits per heavy atom. The van der Waals surface area contributed by atoms with Crippen LogP contribution in [-0.4, -0.2) is 18.7 Å². The number of nitrogens with zero attached hydrogens (tertiary/aromatic N) is 1. The smallest absolute Gasteiger partial charge is 0.277 e. The molecule has 0 unspecified atom stereocenters. The van der Waals surface area contributed by atoms with Crippen LogP contribution in [0.4, 0.5) is 0 Å². The Kier molecular flexibility index (Phi) is 5.78. The van der Waals surface area contributed by atoms with Crippen molar-refractivity contribution in [3.05, 3.63) is 63.6 Å². The van der Waals surface area contributed by atoms with Gasteiger partial charge in [0.25, 0.3) is 5.91 Å². The van der Waals surface area contributed by atoms with Crippen molar-refractivity contribution in [3.63, 3.8) is 0 Å². The van der Waals surface area contributed by atoms with Gasteiger partial charge < -0.3 is 4.74 Å². The number of hydrogen-bond acceptors (Lipinski definition) is 3. The lowest BCUT2D eigenvalue weighted by Crippen LogP contribution is -2.24. The maximum absolute atomic E-state index is 11.6. The zero-order valence-electron chi connectivity index (χ0n) is 10.9. The molecule has 0 aliphatic heterocycles. The fourth-order valence-corrected chi connectivity index (χ4v) is 1.98. The molecule has 0 aliphatic rings. The number of carbonyl (C=O) groups is 1. The van der Waals surface area contributed by atoms with E-state index >= 15 is 0 Å². The standard InChI is InChI=1S/C15H12BrClN2O2/c16-14-4-2-1-3-11(14)9-18-19-15(20)10-21-13-7-5-12(17)6-8-13/h1-9H,10H2,(H,19,20). The van der Waals surface area contributed by atoms with Crippen LogP contribution >= 0.6 is 27.5 Å². The Morgan fingerprint density at radius 1 is 1.24 bits per heavy atom. The van der Waals surface area contributed by atoms with Crippen LogP contribution in [0.25, 0.3) is 0 Å². The van der Waals surface area contributed by atoms with E-state index in [1.165, 1.54) is 0 Å². The number of hydrazone groups is 1. The Bertz CT molecular complexity index is 644. The van der Waals surface area contributed by atoms with Crippen LogP contribution in [0, 0.1) is 0 Å². The van der Waals surface area contributed by atoms with E-state index in [1.54, 1.807) is 30.5 Å². The Hall–Kier alpha value is -1.85. The van der Waals surface area contributed by atoms with Gasteiger partial charge >= 0.3 is 0 Å². The summed E-state index contributed by atoms with van der Waals surface area (Å²) in [6, 6.07) is 14.3. The van der Waals surface area contributed by atoms with E-state index < -0.39 is 0 Å². The fourth-order valence-electron chi connectivity index (χ4n) is 1.47. The van der Waals surface area contributed by atoms with Crippen LogP contribution in [0.2, 0.25) is 5.02 Å². The molecular formula is C15H12BrClN2O2. The molecule has 0 spiro atoms. The van der Waals surface area contributed by atoms with Gasteiger partial charge in [-0.25, -0.2) is 5.43 Å². The summed E-state index contributed by atoms with van der Waals surface area (Å²) < 4.78 is 6.20. The van der Waals surface area contributed by atoms with E-state index in [2.05, 4.69) is 26.5 Å². The predicted molar refractivity (Wildman–Crippen MR) is 86.8 cm³/mol. The van der Waals surface area contributed by atoms with Crippen molar-refractivity contribution < 1.29 is 9.53 Å². The van der Waals surface area contributed by atoms with Crippen molar-refractivity contribution in [3.8, 4) is 5.75 Å². The van der Waals surface area contributed by atoms with Gasteiger partial charge in [0.15, 0.2) is 6.61 Å². The third kappa shape index (κ3) is 5.21. The number of hydrogen-bond donors (Lipinski definition) is 1. The fraction of sp³-hybridized carbons (Fsp3) is 0.0667. The van der Waals surface area contributed by atoms with Gasteiger partial charge in [0, 0.05) is 15.1 Å². The van der Waals surface area contributed by atoms with E-state index in [1.807, 2.05) is 24.3 Å². The average Bonchev–Trinajstić information content (AvgIpc) is 2.49. The third-order valence-corrected chi connectivity index (χ3v) is 3.46.